The van der Waals surface area contributed by atoms with Gasteiger partial charge in [-0.15, -0.1) is 0 Å². The first-order valence-corrected chi connectivity index (χ1v) is 8.09. The number of benzene rings is 2. The lowest BCUT2D eigenvalue weighted by Crippen LogP contribution is -2.18. The van der Waals surface area contributed by atoms with Crippen LogP contribution in [0.3, 0.4) is 0 Å². The summed E-state index contributed by atoms with van der Waals surface area (Å²) in [4.78, 5) is 12.2. The van der Waals surface area contributed by atoms with Gasteiger partial charge in [0, 0.05) is 6.42 Å². The van der Waals surface area contributed by atoms with Crippen LogP contribution in [0.5, 0.6) is 5.75 Å². The molecule has 0 aliphatic carbocycles. The van der Waals surface area contributed by atoms with Crippen molar-refractivity contribution in [1.82, 2.24) is 0 Å². The Morgan fingerprint density at radius 3 is 2.43 bits per heavy atom. The number of rotatable bonds is 6. The number of hydrogen-bond donors (Lipinski definition) is 0. The molecule has 2 aromatic rings. The number of ether oxygens (including phenoxy) is 1. The molecule has 0 fully saturated rings. The third-order valence-electron chi connectivity index (χ3n) is 2.99. The van der Waals surface area contributed by atoms with E-state index in [1.807, 2.05) is 0 Å². The lowest BCUT2D eigenvalue weighted by atomic mass is 10.1. The molecular weight excluding hydrogens is 288 g/mol. The zero-order valence-corrected chi connectivity index (χ0v) is 12.5. The Morgan fingerprint density at radius 2 is 1.76 bits per heavy atom. The van der Waals surface area contributed by atoms with Crippen molar-refractivity contribution >= 4 is 15.6 Å². The summed E-state index contributed by atoms with van der Waals surface area (Å²) >= 11 is 0. The van der Waals surface area contributed by atoms with E-state index >= 15 is 0 Å². The topological polar surface area (TPSA) is 60.4 Å². The van der Waals surface area contributed by atoms with Gasteiger partial charge in [-0.1, -0.05) is 30.3 Å². The largest absolute Gasteiger partial charge is 0.497 e. The normalized spacial score (nSPS) is 11.1. The third-order valence-corrected chi connectivity index (χ3v) is 4.68. The van der Waals surface area contributed by atoms with Crippen LogP contribution < -0.4 is 4.74 Å². The molecule has 2 aromatic carbocycles. The minimum absolute atomic E-state index is 0.0727. The molecule has 0 aliphatic rings. The van der Waals surface area contributed by atoms with Gasteiger partial charge in [0.15, 0.2) is 15.6 Å². The zero-order chi connectivity index (χ0) is 15.3. The summed E-state index contributed by atoms with van der Waals surface area (Å²) in [7, 11) is -2.03. The monoisotopic (exact) mass is 304 g/mol. The van der Waals surface area contributed by atoms with E-state index in [0.717, 1.165) is 5.56 Å². The Labute approximate surface area is 124 Å². The Balaban J connectivity index is 2.08. The first kappa shape index (κ1) is 15.3. The fraction of sp³-hybridized carbons (Fsp3) is 0.188. The number of carbonyl (C=O) groups is 1. The third kappa shape index (κ3) is 4.16. The molecule has 21 heavy (non-hydrogen) atoms. The van der Waals surface area contributed by atoms with Crippen molar-refractivity contribution in [2.24, 2.45) is 0 Å². The van der Waals surface area contributed by atoms with Crippen LogP contribution in [-0.4, -0.2) is 27.1 Å². The van der Waals surface area contributed by atoms with Crippen LogP contribution in [-0.2, 0) is 21.1 Å². The van der Waals surface area contributed by atoms with Crippen LogP contribution in [0.25, 0.3) is 0 Å². The van der Waals surface area contributed by atoms with Crippen LogP contribution in [0, 0.1) is 0 Å². The lowest BCUT2D eigenvalue weighted by Gasteiger charge is -2.05. The summed E-state index contributed by atoms with van der Waals surface area (Å²) in [6, 6.07) is 15.0. The molecule has 0 amide bonds. The van der Waals surface area contributed by atoms with Gasteiger partial charge in [0.05, 0.1) is 12.0 Å². The second-order valence-corrected chi connectivity index (χ2v) is 6.63. The summed E-state index contributed by atoms with van der Waals surface area (Å²) in [6.07, 6.45) is 0.0727. The molecule has 0 saturated heterocycles. The van der Waals surface area contributed by atoms with E-state index in [1.165, 1.54) is 12.1 Å². The summed E-state index contributed by atoms with van der Waals surface area (Å²) < 4.78 is 29.3. The second kappa shape index (κ2) is 6.54. The molecule has 4 nitrogen and oxygen atoms in total. The molecule has 0 heterocycles. The van der Waals surface area contributed by atoms with Crippen LogP contribution in [0.4, 0.5) is 0 Å². The molecule has 0 aliphatic heterocycles. The molecule has 0 bridgehead atoms. The molecule has 5 heteroatoms. The average molecular weight is 304 g/mol. The predicted octanol–water partition coefficient (Wildman–Crippen LogP) is 2.28. The van der Waals surface area contributed by atoms with Gasteiger partial charge in [0.2, 0.25) is 0 Å². The lowest BCUT2D eigenvalue weighted by molar-refractivity contribution is -0.116. The number of sulfone groups is 1. The Hall–Kier alpha value is -2.14. The van der Waals surface area contributed by atoms with Crippen molar-refractivity contribution in [2.75, 3.05) is 12.9 Å². The van der Waals surface area contributed by atoms with E-state index in [1.54, 1.807) is 49.6 Å². The molecule has 0 N–H and O–H groups in total. The fourth-order valence-electron chi connectivity index (χ4n) is 1.98. The van der Waals surface area contributed by atoms with Crippen molar-refractivity contribution < 1.29 is 17.9 Å². The number of Topliss-reactive ketones (excluding diaryl/α,β-unsaturated/α-hetero) is 1. The quantitative estimate of drug-likeness (QED) is 0.821. The molecular formula is C16H16O4S. The molecule has 2 rings (SSSR count). The van der Waals surface area contributed by atoms with Crippen LogP contribution in [0.2, 0.25) is 0 Å². The standard InChI is InChI=1S/C16H16O4S/c1-20-15-7-5-6-13(11-15)10-14(17)12-21(18,19)16-8-3-2-4-9-16/h2-9,11H,10,12H2,1H3. The Bertz CT molecular complexity index is 721. The number of carbonyl (C=O) groups excluding carboxylic acids is 1. The summed E-state index contributed by atoms with van der Waals surface area (Å²) in [5.41, 5.74) is 0.739. The minimum Gasteiger partial charge on any atom is -0.497 e. The first-order chi connectivity index (χ1) is 10.0. The molecule has 0 spiro atoms. The minimum atomic E-state index is -3.58. The summed E-state index contributed by atoms with van der Waals surface area (Å²) in [5, 5.41) is 0. The predicted molar refractivity (Wildman–Crippen MR) is 80.2 cm³/mol. The van der Waals surface area contributed by atoms with Crippen molar-refractivity contribution in [3.63, 3.8) is 0 Å². The van der Waals surface area contributed by atoms with Crippen molar-refractivity contribution in [1.29, 1.82) is 0 Å². The zero-order valence-electron chi connectivity index (χ0n) is 11.7. The van der Waals surface area contributed by atoms with E-state index in [2.05, 4.69) is 0 Å². The maximum atomic E-state index is 12.1. The molecule has 0 atom stereocenters. The van der Waals surface area contributed by atoms with Gasteiger partial charge in [0.1, 0.15) is 11.5 Å². The van der Waals surface area contributed by atoms with Gasteiger partial charge in [0.25, 0.3) is 0 Å². The summed E-state index contributed by atoms with van der Waals surface area (Å²) in [6.45, 7) is 0. The van der Waals surface area contributed by atoms with Gasteiger partial charge in [-0.3, -0.25) is 4.79 Å². The van der Waals surface area contributed by atoms with Gasteiger partial charge in [-0.25, -0.2) is 8.42 Å². The fourth-order valence-corrected chi connectivity index (χ4v) is 3.25. The number of ketones is 1. The van der Waals surface area contributed by atoms with Gasteiger partial charge >= 0.3 is 0 Å². The van der Waals surface area contributed by atoms with Gasteiger partial charge in [-0.05, 0) is 29.8 Å². The number of methoxy groups -OCH3 is 1. The second-order valence-electron chi connectivity index (χ2n) is 4.64. The molecule has 0 aromatic heterocycles. The van der Waals surface area contributed by atoms with E-state index in [-0.39, 0.29) is 17.1 Å². The van der Waals surface area contributed by atoms with Gasteiger partial charge in [-0.2, -0.15) is 0 Å². The SMILES string of the molecule is COc1cccc(CC(=O)CS(=O)(=O)c2ccccc2)c1. The maximum absolute atomic E-state index is 12.1. The Kier molecular flexibility index (Phi) is 4.75. The summed E-state index contributed by atoms with van der Waals surface area (Å²) in [5.74, 6) is -0.188. The smallest absolute Gasteiger partial charge is 0.185 e. The van der Waals surface area contributed by atoms with Gasteiger partial charge < -0.3 is 4.74 Å². The first-order valence-electron chi connectivity index (χ1n) is 6.44. The Morgan fingerprint density at radius 1 is 1.05 bits per heavy atom. The molecule has 0 saturated carbocycles. The molecule has 0 unspecified atom stereocenters. The maximum Gasteiger partial charge on any atom is 0.185 e. The molecule has 110 valence electrons. The van der Waals surface area contributed by atoms with E-state index in [0.29, 0.717) is 5.75 Å². The van der Waals surface area contributed by atoms with Crippen molar-refractivity contribution in [2.45, 2.75) is 11.3 Å². The van der Waals surface area contributed by atoms with E-state index in [9.17, 15) is 13.2 Å². The number of hydrogen-bond acceptors (Lipinski definition) is 4. The highest BCUT2D eigenvalue weighted by Gasteiger charge is 2.19. The van der Waals surface area contributed by atoms with E-state index in [4.69, 9.17) is 4.74 Å². The van der Waals surface area contributed by atoms with E-state index < -0.39 is 15.6 Å². The highest BCUT2D eigenvalue weighted by atomic mass is 32.2. The highest BCUT2D eigenvalue weighted by molar-refractivity contribution is 7.92. The van der Waals surface area contributed by atoms with Crippen molar-refractivity contribution in [3.8, 4) is 5.75 Å². The molecule has 0 radical (unpaired) electrons. The van der Waals surface area contributed by atoms with Crippen LogP contribution in [0.1, 0.15) is 5.56 Å². The van der Waals surface area contributed by atoms with Crippen molar-refractivity contribution in [3.05, 3.63) is 60.2 Å². The highest BCUT2D eigenvalue weighted by Crippen LogP contribution is 2.15. The van der Waals surface area contributed by atoms with Crippen LogP contribution >= 0.6 is 0 Å². The average Bonchev–Trinajstić information content (AvgIpc) is 2.47. The van der Waals surface area contributed by atoms with Crippen LogP contribution in [0.15, 0.2) is 59.5 Å².